The number of halogens is 1. The van der Waals surface area contributed by atoms with Crippen molar-refractivity contribution in [1.82, 2.24) is 4.90 Å². The Hall–Kier alpha value is -1.34. The normalized spacial score (nSPS) is 19.1. The Labute approximate surface area is 129 Å². The zero-order chi connectivity index (χ0) is 14.7. The first-order chi connectivity index (χ1) is 9.47. The molecule has 0 aliphatic carbocycles. The molecule has 1 aliphatic rings. The number of nitrogens with one attached hydrogen (secondary N) is 1. The highest BCUT2D eigenvalue weighted by Gasteiger charge is 2.33. The van der Waals surface area contributed by atoms with Crippen LogP contribution in [0.5, 0.6) is 0 Å². The van der Waals surface area contributed by atoms with Gasteiger partial charge >= 0.3 is 0 Å². The van der Waals surface area contributed by atoms with Gasteiger partial charge in [-0.25, -0.2) is 0 Å². The van der Waals surface area contributed by atoms with Crippen LogP contribution >= 0.6 is 27.7 Å². The van der Waals surface area contributed by atoms with Crippen molar-refractivity contribution in [3.63, 3.8) is 0 Å². The van der Waals surface area contributed by atoms with Gasteiger partial charge in [0, 0.05) is 10.2 Å². The molecule has 0 spiro atoms. The summed E-state index contributed by atoms with van der Waals surface area (Å²) in [6.45, 7) is 1.50. The van der Waals surface area contributed by atoms with E-state index in [0.29, 0.717) is 5.69 Å². The minimum Gasteiger partial charge on any atom is -0.325 e. The van der Waals surface area contributed by atoms with E-state index in [9.17, 15) is 14.4 Å². The molecule has 1 atom stereocenters. The van der Waals surface area contributed by atoms with Gasteiger partial charge in [-0.05, 0) is 31.2 Å². The lowest BCUT2D eigenvalue weighted by Crippen LogP contribution is -2.49. The van der Waals surface area contributed by atoms with Gasteiger partial charge in [-0.2, -0.15) is 0 Å². The monoisotopic (exact) mass is 356 g/mol. The van der Waals surface area contributed by atoms with Crippen molar-refractivity contribution >= 4 is 51.1 Å². The second-order valence-corrected chi connectivity index (χ2v) is 6.57. The topological polar surface area (TPSA) is 66.5 Å². The summed E-state index contributed by atoms with van der Waals surface area (Å²) in [5.74, 6) is -0.771. The maximum Gasteiger partial charge on any atom is 0.244 e. The van der Waals surface area contributed by atoms with Crippen LogP contribution in [0.2, 0.25) is 0 Å². The van der Waals surface area contributed by atoms with Crippen molar-refractivity contribution in [2.45, 2.75) is 12.2 Å². The molecule has 1 aromatic rings. The number of hydrogen-bond donors (Lipinski definition) is 1. The lowest BCUT2D eigenvalue weighted by atomic mass is 10.3. The SMILES string of the molecule is C[C@H]1SCC(=O)N(CC(=O)Nc2ccc(Br)cc2)C1=O. The van der Waals surface area contributed by atoms with Crippen molar-refractivity contribution in [2.75, 3.05) is 17.6 Å². The zero-order valence-electron chi connectivity index (χ0n) is 10.8. The summed E-state index contributed by atoms with van der Waals surface area (Å²) < 4.78 is 0.905. The van der Waals surface area contributed by atoms with E-state index in [2.05, 4.69) is 21.2 Å². The molecular formula is C13H13BrN2O3S. The van der Waals surface area contributed by atoms with Gasteiger partial charge in [-0.1, -0.05) is 15.9 Å². The number of amides is 3. The van der Waals surface area contributed by atoms with Gasteiger partial charge < -0.3 is 5.32 Å². The molecule has 1 aromatic carbocycles. The van der Waals surface area contributed by atoms with E-state index in [1.165, 1.54) is 11.8 Å². The van der Waals surface area contributed by atoms with Crippen LogP contribution in [0.4, 0.5) is 5.69 Å². The Morgan fingerprint density at radius 3 is 2.70 bits per heavy atom. The van der Waals surface area contributed by atoms with Crippen molar-refractivity contribution in [1.29, 1.82) is 0 Å². The number of carbonyl (C=O) groups is 3. The van der Waals surface area contributed by atoms with Crippen molar-refractivity contribution in [3.8, 4) is 0 Å². The summed E-state index contributed by atoms with van der Waals surface area (Å²) in [4.78, 5) is 36.5. The minimum absolute atomic E-state index is 0.235. The number of rotatable bonds is 3. The molecule has 1 heterocycles. The average Bonchev–Trinajstić information content (AvgIpc) is 2.42. The third-order valence-corrected chi connectivity index (χ3v) is 4.45. The zero-order valence-corrected chi connectivity index (χ0v) is 13.2. The van der Waals surface area contributed by atoms with Crippen LogP contribution in [0.15, 0.2) is 28.7 Å². The molecule has 1 N–H and O–H groups in total. The Balaban J connectivity index is 1.98. The summed E-state index contributed by atoms with van der Waals surface area (Å²) in [5, 5.41) is 2.38. The van der Waals surface area contributed by atoms with Gasteiger partial charge in [0.25, 0.3) is 0 Å². The lowest BCUT2D eigenvalue weighted by molar-refractivity contribution is -0.145. The molecule has 7 heteroatoms. The Morgan fingerprint density at radius 1 is 1.40 bits per heavy atom. The average molecular weight is 357 g/mol. The number of nitrogens with zero attached hydrogens (tertiary/aromatic N) is 1. The van der Waals surface area contributed by atoms with E-state index < -0.39 is 0 Å². The molecule has 1 fully saturated rings. The predicted molar refractivity (Wildman–Crippen MR) is 81.4 cm³/mol. The van der Waals surface area contributed by atoms with Crippen LogP contribution in [0, 0.1) is 0 Å². The van der Waals surface area contributed by atoms with Gasteiger partial charge in [0.05, 0.1) is 11.0 Å². The molecule has 20 heavy (non-hydrogen) atoms. The molecule has 0 saturated carbocycles. The smallest absolute Gasteiger partial charge is 0.244 e. The maximum absolute atomic E-state index is 11.9. The number of benzene rings is 1. The maximum atomic E-state index is 11.9. The first-order valence-electron chi connectivity index (χ1n) is 5.98. The van der Waals surface area contributed by atoms with Gasteiger partial charge in [0.2, 0.25) is 17.7 Å². The molecule has 1 saturated heterocycles. The number of carbonyl (C=O) groups excluding carboxylic acids is 3. The van der Waals surface area contributed by atoms with E-state index >= 15 is 0 Å². The minimum atomic E-state index is -0.381. The molecule has 5 nitrogen and oxygen atoms in total. The van der Waals surface area contributed by atoms with Crippen molar-refractivity contribution < 1.29 is 14.4 Å². The summed E-state index contributed by atoms with van der Waals surface area (Å²) in [6.07, 6.45) is 0. The van der Waals surface area contributed by atoms with E-state index in [1.54, 1.807) is 31.2 Å². The largest absolute Gasteiger partial charge is 0.325 e. The fraction of sp³-hybridized carbons (Fsp3) is 0.308. The standard InChI is InChI=1S/C13H13BrN2O3S/c1-8-13(19)16(12(18)7-20-8)6-11(17)15-10-4-2-9(14)3-5-10/h2-5,8H,6-7H2,1H3,(H,15,17)/t8-/m1/s1. The highest BCUT2D eigenvalue weighted by molar-refractivity contribution is 9.10. The Morgan fingerprint density at radius 2 is 2.05 bits per heavy atom. The number of imide groups is 1. The van der Waals surface area contributed by atoms with Gasteiger partial charge in [0.15, 0.2) is 0 Å². The van der Waals surface area contributed by atoms with Crippen molar-refractivity contribution in [2.24, 2.45) is 0 Å². The molecule has 0 radical (unpaired) electrons. The summed E-state index contributed by atoms with van der Waals surface area (Å²) in [6, 6.07) is 7.07. The Kier molecular flexibility index (Phi) is 4.82. The van der Waals surface area contributed by atoms with E-state index in [-0.39, 0.29) is 35.3 Å². The molecule has 0 unspecified atom stereocenters. The molecule has 2 rings (SSSR count). The van der Waals surface area contributed by atoms with E-state index in [4.69, 9.17) is 0 Å². The van der Waals surface area contributed by atoms with Gasteiger partial charge in [0.1, 0.15) is 6.54 Å². The molecule has 1 aliphatic heterocycles. The molecule has 3 amide bonds. The predicted octanol–water partition coefficient (Wildman–Crippen LogP) is 1.88. The van der Waals surface area contributed by atoms with Crippen LogP contribution in [0.25, 0.3) is 0 Å². The van der Waals surface area contributed by atoms with Crippen LogP contribution in [0.1, 0.15) is 6.92 Å². The fourth-order valence-corrected chi connectivity index (χ4v) is 2.81. The third-order valence-electron chi connectivity index (χ3n) is 2.80. The summed E-state index contributed by atoms with van der Waals surface area (Å²) in [7, 11) is 0. The second kappa shape index (κ2) is 6.41. The first kappa shape index (κ1) is 15.1. The molecular weight excluding hydrogens is 344 g/mol. The quantitative estimate of drug-likeness (QED) is 0.839. The fourth-order valence-electron chi connectivity index (χ4n) is 1.73. The van der Waals surface area contributed by atoms with Crippen LogP contribution in [-0.2, 0) is 14.4 Å². The van der Waals surface area contributed by atoms with Crippen LogP contribution < -0.4 is 5.32 Å². The number of hydrogen-bond acceptors (Lipinski definition) is 4. The first-order valence-corrected chi connectivity index (χ1v) is 7.83. The van der Waals surface area contributed by atoms with E-state index in [1.807, 2.05) is 0 Å². The van der Waals surface area contributed by atoms with Gasteiger partial charge in [-0.3, -0.25) is 19.3 Å². The third kappa shape index (κ3) is 3.61. The number of thioether (sulfide) groups is 1. The second-order valence-electron chi connectivity index (χ2n) is 4.33. The Bertz CT molecular complexity index is 547. The summed E-state index contributed by atoms with van der Waals surface area (Å²) >= 11 is 4.59. The number of anilines is 1. The molecule has 0 bridgehead atoms. The highest BCUT2D eigenvalue weighted by Crippen LogP contribution is 2.20. The van der Waals surface area contributed by atoms with Crippen LogP contribution in [-0.4, -0.2) is 40.2 Å². The van der Waals surface area contributed by atoms with Crippen molar-refractivity contribution in [3.05, 3.63) is 28.7 Å². The summed E-state index contributed by atoms with van der Waals surface area (Å²) in [5.41, 5.74) is 0.623. The van der Waals surface area contributed by atoms with E-state index in [0.717, 1.165) is 9.37 Å². The highest BCUT2D eigenvalue weighted by atomic mass is 79.9. The molecule has 0 aromatic heterocycles. The van der Waals surface area contributed by atoms with Crippen LogP contribution in [0.3, 0.4) is 0 Å². The molecule has 106 valence electrons. The lowest BCUT2D eigenvalue weighted by Gasteiger charge is -2.27. The van der Waals surface area contributed by atoms with Gasteiger partial charge in [-0.15, -0.1) is 11.8 Å².